The zero-order valence-corrected chi connectivity index (χ0v) is 15.1. The van der Waals surface area contributed by atoms with Crippen LogP contribution in [0.2, 0.25) is 5.02 Å². The van der Waals surface area contributed by atoms with Crippen LogP contribution in [0, 0.1) is 11.3 Å². The number of thioether (sulfide) groups is 1. The van der Waals surface area contributed by atoms with Gasteiger partial charge in [0.05, 0.1) is 24.2 Å². The van der Waals surface area contributed by atoms with Crippen molar-refractivity contribution in [2.24, 2.45) is 0 Å². The zero-order valence-electron chi connectivity index (χ0n) is 13.6. The van der Waals surface area contributed by atoms with Crippen molar-refractivity contribution in [2.45, 2.75) is 18.5 Å². The van der Waals surface area contributed by atoms with Crippen LogP contribution in [-0.4, -0.2) is 28.7 Å². The van der Waals surface area contributed by atoms with Crippen LogP contribution in [0.3, 0.4) is 0 Å². The summed E-state index contributed by atoms with van der Waals surface area (Å²) in [5, 5.41) is 12.4. The number of nitriles is 1. The van der Waals surface area contributed by atoms with Gasteiger partial charge in [-0.2, -0.15) is 5.26 Å². The first-order chi connectivity index (χ1) is 12.0. The maximum atomic E-state index is 12.1. The highest BCUT2D eigenvalue weighted by Gasteiger charge is 2.13. The number of ether oxygens (including phenoxy) is 1. The Morgan fingerprint density at radius 1 is 1.52 bits per heavy atom. The summed E-state index contributed by atoms with van der Waals surface area (Å²) in [5.41, 5.74) is 0.357. The highest BCUT2D eigenvalue weighted by atomic mass is 35.5. The second-order valence-corrected chi connectivity index (χ2v) is 6.24. The number of aryl methyl sites for hydroxylation is 1. The van der Waals surface area contributed by atoms with E-state index in [2.05, 4.69) is 15.3 Å². The normalized spacial score (nSPS) is 10.2. The van der Waals surface area contributed by atoms with E-state index in [9.17, 15) is 9.59 Å². The minimum atomic E-state index is -0.506. The van der Waals surface area contributed by atoms with Crippen molar-refractivity contribution in [3.05, 3.63) is 44.8 Å². The number of benzene rings is 1. The summed E-state index contributed by atoms with van der Waals surface area (Å²) in [6.45, 7) is 1.80. The predicted molar refractivity (Wildman–Crippen MR) is 96.3 cm³/mol. The molecule has 2 aromatic rings. The number of aromatic amines is 1. The Balaban J connectivity index is 2.08. The fraction of sp³-hybridized carbons (Fsp3) is 0.250. The number of aromatic nitrogens is 2. The molecule has 130 valence electrons. The lowest BCUT2D eigenvalue weighted by Gasteiger charge is -2.10. The third-order valence-electron chi connectivity index (χ3n) is 3.19. The molecule has 1 heterocycles. The number of anilines is 1. The number of nitrogens with one attached hydrogen (secondary N) is 2. The molecule has 0 unspecified atom stereocenters. The summed E-state index contributed by atoms with van der Waals surface area (Å²) in [6, 6.07) is 6.73. The molecule has 0 saturated heterocycles. The Bertz CT molecular complexity index is 892. The van der Waals surface area contributed by atoms with Crippen LogP contribution < -0.4 is 15.6 Å². The minimum absolute atomic E-state index is 0.0000321. The average molecular weight is 379 g/mol. The molecule has 9 heteroatoms. The summed E-state index contributed by atoms with van der Waals surface area (Å²) >= 11 is 6.99. The van der Waals surface area contributed by atoms with Gasteiger partial charge in [0.2, 0.25) is 5.91 Å². The molecular weight excluding hydrogens is 364 g/mol. The maximum Gasteiger partial charge on any atom is 0.269 e. The van der Waals surface area contributed by atoms with Gasteiger partial charge in [0.25, 0.3) is 5.56 Å². The second kappa shape index (κ2) is 8.55. The van der Waals surface area contributed by atoms with Gasteiger partial charge in [-0.3, -0.25) is 9.59 Å². The Morgan fingerprint density at radius 2 is 2.28 bits per heavy atom. The number of hydrogen-bond acceptors (Lipinski definition) is 6. The molecule has 0 fully saturated rings. The van der Waals surface area contributed by atoms with Crippen LogP contribution in [0.15, 0.2) is 28.2 Å². The number of H-pyrrole nitrogens is 1. The molecule has 1 aromatic heterocycles. The van der Waals surface area contributed by atoms with Crippen LogP contribution in [0.25, 0.3) is 0 Å². The first-order valence-corrected chi connectivity index (χ1v) is 8.64. The molecule has 0 aliphatic carbocycles. The highest BCUT2D eigenvalue weighted by molar-refractivity contribution is 7.99. The number of carbonyl (C=O) groups is 1. The first kappa shape index (κ1) is 18.8. The molecule has 0 atom stereocenters. The van der Waals surface area contributed by atoms with Crippen molar-refractivity contribution in [3.63, 3.8) is 0 Å². The van der Waals surface area contributed by atoms with Crippen LogP contribution in [0.5, 0.6) is 5.75 Å². The van der Waals surface area contributed by atoms with Crippen LogP contribution in [-0.2, 0) is 11.2 Å². The number of methoxy groups -OCH3 is 1. The molecule has 0 radical (unpaired) electrons. The molecule has 0 spiro atoms. The number of hydrogen-bond donors (Lipinski definition) is 2. The van der Waals surface area contributed by atoms with E-state index in [0.717, 1.165) is 11.8 Å². The predicted octanol–water partition coefficient (Wildman–Crippen LogP) is 2.60. The molecule has 2 N–H and O–H groups in total. The summed E-state index contributed by atoms with van der Waals surface area (Å²) in [6.07, 6.45) is 0.451. The molecule has 0 aliphatic heterocycles. The van der Waals surface area contributed by atoms with E-state index >= 15 is 0 Å². The van der Waals surface area contributed by atoms with Crippen LogP contribution in [0.4, 0.5) is 5.69 Å². The van der Waals surface area contributed by atoms with E-state index in [-0.39, 0.29) is 22.4 Å². The van der Waals surface area contributed by atoms with Crippen molar-refractivity contribution in [1.82, 2.24) is 9.97 Å². The molecule has 0 bridgehead atoms. The molecule has 1 aromatic carbocycles. The van der Waals surface area contributed by atoms with Crippen molar-refractivity contribution >= 4 is 35.0 Å². The number of amides is 1. The van der Waals surface area contributed by atoms with Crippen molar-refractivity contribution in [2.75, 3.05) is 18.2 Å². The van der Waals surface area contributed by atoms with E-state index in [1.807, 2.05) is 6.07 Å². The van der Waals surface area contributed by atoms with Crippen LogP contribution >= 0.6 is 23.4 Å². The Kier molecular flexibility index (Phi) is 6.44. The van der Waals surface area contributed by atoms with Gasteiger partial charge in [-0.15, -0.1) is 0 Å². The molecule has 25 heavy (non-hydrogen) atoms. The first-order valence-electron chi connectivity index (χ1n) is 7.28. The summed E-state index contributed by atoms with van der Waals surface area (Å²) < 4.78 is 5.16. The zero-order chi connectivity index (χ0) is 18.4. The molecule has 2 rings (SSSR count). The monoisotopic (exact) mass is 378 g/mol. The van der Waals surface area contributed by atoms with Gasteiger partial charge in [0.15, 0.2) is 5.16 Å². The SMILES string of the molecule is CCc1nc(SCC(=O)Nc2cc(Cl)ccc2OC)[nH]c(=O)c1C#N. The lowest BCUT2D eigenvalue weighted by molar-refractivity contribution is -0.113. The van der Waals surface area contributed by atoms with Gasteiger partial charge >= 0.3 is 0 Å². The van der Waals surface area contributed by atoms with Gasteiger partial charge in [-0.1, -0.05) is 30.3 Å². The summed E-state index contributed by atoms with van der Waals surface area (Å²) in [4.78, 5) is 30.7. The highest BCUT2D eigenvalue weighted by Crippen LogP contribution is 2.28. The van der Waals surface area contributed by atoms with Gasteiger partial charge in [-0.25, -0.2) is 4.98 Å². The van der Waals surface area contributed by atoms with Gasteiger partial charge in [0, 0.05) is 5.02 Å². The third-order valence-corrected chi connectivity index (χ3v) is 4.30. The summed E-state index contributed by atoms with van der Waals surface area (Å²) in [7, 11) is 1.49. The number of nitrogens with zero attached hydrogens (tertiary/aromatic N) is 2. The molecule has 1 amide bonds. The van der Waals surface area contributed by atoms with Crippen molar-refractivity contribution < 1.29 is 9.53 Å². The minimum Gasteiger partial charge on any atom is -0.495 e. The number of halogens is 1. The Hall–Kier alpha value is -2.50. The van der Waals surface area contributed by atoms with Crippen molar-refractivity contribution in [3.8, 4) is 11.8 Å². The average Bonchev–Trinajstić information content (AvgIpc) is 2.59. The van der Waals surface area contributed by atoms with E-state index < -0.39 is 5.56 Å². The fourth-order valence-electron chi connectivity index (χ4n) is 2.03. The Labute approximate surface area is 153 Å². The molecule has 7 nitrogen and oxygen atoms in total. The standard InChI is InChI=1S/C16H15ClN4O3S/c1-3-11-10(7-18)15(23)21-16(20-11)25-8-14(22)19-12-6-9(17)4-5-13(12)24-2/h4-6H,3,8H2,1-2H3,(H,19,22)(H,20,21,23). The van der Waals surface area contributed by atoms with E-state index in [1.165, 1.54) is 7.11 Å². The fourth-order valence-corrected chi connectivity index (χ4v) is 2.89. The largest absolute Gasteiger partial charge is 0.495 e. The number of rotatable bonds is 6. The lowest BCUT2D eigenvalue weighted by Crippen LogP contribution is -2.18. The quantitative estimate of drug-likeness (QED) is 0.590. The summed E-state index contributed by atoms with van der Waals surface area (Å²) in [5.74, 6) is 0.199. The van der Waals surface area contributed by atoms with E-state index in [4.69, 9.17) is 21.6 Å². The van der Waals surface area contributed by atoms with Crippen LogP contribution in [0.1, 0.15) is 18.2 Å². The molecule has 0 aliphatic rings. The topological polar surface area (TPSA) is 108 Å². The molecular formula is C16H15ClN4O3S. The van der Waals surface area contributed by atoms with Crippen molar-refractivity contribution in [1.29, 1.82) is 5.26 Å². The molecule has 0 saturated carbocycles. The third kappa shape index (κ3) is 4.75. The van der Waals surface area contributed by atoms with E-state index in [0.29, 0.717) is 28.6 Å². The second-order valence-electron chi connectivity index (χ2n) is 4.84. The number of carbonyl (C=O) groups excluding carboxylic acids is 1. The van der Waals surface area contributed by atoms with Gasteiger partial charge in [-0.05, 0) is 24.6 Å². The Morgan fingerprint density at radius 3 is 2.92 bits per heavy atom. The maximum absolute atomic E-state index is 12.1. The van der Waals surface area contributed by atoms with E-state index in [1.54, 1.807) is 25.1 Å². The van der Waals surface area contributed by atoms with Gasteiger partial charge in [0.1, 0.15) is 17.4 Å². The van der Waals surface area contributed by atoms with Gasteiger partial charge < -0.3 is 15.0 Å². The lowest BCUT2D eigenvalue weighted by atomic mass is 10.2. The smallest absolute Gasteiger partial charge is 0.269 e.